The standard InChI is InChI=1S/C16H21N3S/c1-11-5-4-6-12-7-8-14(15(11)12)17-9-13-10-20-16(18-13)19(2)3/h4-6,10,14,17H,7-9H2,1-3H3. The van der Waals surface area contributed by atoms with Crippen LogP contribution in [0.2, 0.25) is 0 Å². The van der Waals surface area contributed by atoms with Gasteiger partial charge < -0.3 is 10.2 Å². The molecule has 3 rings (SSSR count). The fraction of sp³-hybridized carbons (Fsp3) is 0.438. The number of nitrogens with one attached hydrogen (secondary N) is 1. The largest absolute Gasteiger partial charge is 0.354 e. The molecule has 3 nitrogen and oxygen atoms in total. The zero-order chi connectivity index (χ0) is 14.1. The van der Waals surface area contributed by atoms with E-state index in [0.717, 1.165) is 17.4 Å². The minimum atomic E-state index is 0.482. The number of aryl methyl sites for hydroxylation is 2. The van der Waals surface area contributed by atoms with E-state index in [1.54, 1.807) is 11.3 Å². The topological polar surface area (TPSA) is 28.2 Å². The maximum atomic E-state index is 4.63. The Morgan fingerprint density at radius 1 is 1.40 bits per heavy atom. The highest BCUT2D eigenvalue weighted by Gasteiger charge is 2.23. The Labute approximate surface area is 124 Å². The van der Waals surface area contributed by atoms with Crippen molar-refractivity contribution in [2.45, 2.75) is 32.4 Å². The summed E-state index contributed by atoms with van der Waals surface area (Å²) >= 11 is 1.70. The number of hydrogen-bond acceptors (Lipinski definition) is 4. The molecule has 1 heterocycles. The number of aromatic nitrogens is 1. The van der Waals surface area contributed by atoms with Crippen molar-refractivity contribution in [3.05, 3.63) is 46.0 Å². The third-order valence-corrected chi connectivity index (χ3v) is 4.97. The predicted octanol–water partition coefficient (Wildman–Crippen LogP) is 3.29. The van der Waals surface area contributed by atoms with Crippen LogP contribution in [0.15, 0.2) is 23.6 Å². The summed E-state index contributed by atoms with van der Waals surface area (Å²) in [4.78, 5) is 6.69. The van der Waals surface area contributed by atoms with Gasteiger partial charge in [0.05, 0.1) is 5.69 Å². The molecule has 1 aliphatic carbocycles. The normalized spacial score (nSPS) is 17.2. The number of fused-ring (bicyclic) bond motifs is 1. The Morgan fingerprint density at radius 2 is 2.25 bits per heavy atom. The molecule has 1 aliphatic rings. The van der Waals surface area contributed by atoms with Crippen LogP contribution in [0.25, 0.3) is 0 Å². The zero-order valence-corrected chi connectivity index (χ0v) is 13.1. The monoisotopic (exact) mass is 287 g/mol. The predicted molar refractivity (Wildman–Crippen MR) is 85.5 cm³/mol. The van der Waals surface area contributed by atoms with E-state index in [4.69, 9.17) is 0 Å². The number of rotatable bonds is 4. The van der Waals surface area contributed by atoms with Crippen molar-refractivity contribution in [3.63, 3.8) is 0 Å². The fourth-order valence-electron chi connectivity index (χ4n) is 2.92. The molecule has 20 heavy (non-hydrogen) atoms. The van der Waals surface area contributed by atoms with Crippen LogP contribution in [0, 0.1) is 6.92 Å². The lowest BCUT2D eigenvalue weighted by Crippen LogP contribution is -2.19. The first kappa shape index (κ1) is 13.6. The first-order valence-corrected chi connectivity index (χ1v) is 7.96. The van der Waals surface area contributed by atoms with Gasteiger partial charge in [0.2, 0.25) is 0 Å². The summed E-state index contributed by atoms with van der Waals surface area (Å²) in [5.74, 6) is 0. The highest BCUT2D eigenvalue weighted by atomic mass is 32.1. The minimum absolute atomic E-state index is 0.482. The van der Waals surface area contributed by atoms with E-state index in [2.05, 4.69) is 45.7 Å². The second-order valence-corrected chi connectivity index (χ2v) is 6.47. The highest BCUT2D eigenvalue weighted by molar-refractivity contribution is 7.13. The van der Waals surface area contributed by atoms with Gasteiger partial charge in [-0.3, -0.25) is 0 Å². The van der Waals surface area contributed by atoms with Crippen LogP contribution in [0.4, 0.5) is 5.13 Å². The van der Waals surface area contributed by atoms with E-state index < -0.39 is 0 Å². The van der Waals surface area contributed by atoms with E-state index in [1.165, 1.54) is 29.5 Å². The lowest BCUT2D eigenvalue weighted by Gasteiger charge is -2.15. The molecule has 1 aromatic heterocycles. The second-order valence-electron chi connectivity index (χ2n) is 5.64. The first-order chi connectivity index (χ1) is 9.65. The van der Waals surface area contributed by atoms with E-state index in [0.29, 0.717) is 6.04 Å². The third-order valence-electron chi connectivity index (χ3n) is 3.92. The van der Waals surface area contributed by atoms with Gasteiger partial charge in [-0.05, 0) is 36.5 Å². The quantitative estimate of drug-likeness (QED) is 0.935. The van der Waals surface area contributed by atoms with Crippen molar-refractivity contribution in [2.24, 2.45) is 0 Å². The van der Waals surface area contributed by atoms with E-state index in [-0.39, 0.29) is 0 Å². The molecule has 1 unspecified atom stereocenters. The molecule has 0 fully saturated rings. The van der Waals surface area contributed by atoms with Crippen molar-refractivity contribution in [1.82, 2.24) is 10.3 Å². The summed E-state index contributed by atoms with van der Waals surface area (Å²) in [5, 5.41) is 6.90. The van der Waals surface area contributed by atoms with Gasteiger partial charge in [0.15, 0.2) is 5.13 Å². The molecule has 106 valence electrons. The molecule has 0 amide bonds. The third kappa shape index (κ3) is 2.58. The Bertz CT molecular complexity index is 604. The summed E-state index contributed by atoms with van der Waals surface area (Å²) in [6.07, 6.45) is 2.39. The molecular weight excluding hydrogens is 266 g/mol. The summed E-state index contributed by atoms with van der Waals surface area (Å²) in [5.41, 5.74) is 5.57. The van der Waals surface area contributed by atoms with E-state index in [9.17, 15) is 0 Å². The van der Waals surface area contributed by atoms with E-state index in [1.807, 2.05) is 14.1 Å². The molecule has 0 bridgehead atoms. The van der Waals surface area contributed by atoms with Crippen LogP contribution >= 0.6 is 11.3 Å². The van der Waals surface area contributed by atoms with Crippen LogP contribution < -0.4 is 10.2 Å². The van der Waals surface area contributed by atoms with Gasteiger partial charge in [0, 0.05) is 32.1 Å². The van der Waals surface area contributed by atoms with Crippen molar-refractivity contribution < 1.29 is 0 Å². The van der Waals surface area contributed by atoms with Crippen molar-refractivity contribution in [3.8, 4) is 0 Å². The SMILES string of the molecule is Cc1cccc2c1C(NCc1csc(N(C)C)n1)CC2. The number of hydrogen-bond donors (Lipinski definition) is 1. The molecule has 4 heteroatoms. The lowest BCUT2D eigenvalue weighted by molar-refractivity contribution is 0.524. The molecule has 0 aliphatic heterocycles. The van der Waals surface area contributed by atoms with Gasteiger partial charge in [-0.1, -0.05) is 18.2 Å². The van der Waals surface area contributed by atoms with Gasteiger partial charge in [0.25, 0.3) is 0 Å². The molecule has 1 atom stereocenters. The Kier molecular flexibility index (Phi) is 3.76. The average molecular weight is 287 g/mol. The lowest BCUT2D eigenvalue weighted by atomic mass is 10.0. The summed E-state index contributed by atoms with van der Waals surface area (Å²) in [6, 6.07) is 7.12. The molecule has 0 spiro atoms. The van der Waals surface area contributed by atoms with Crippen LogP contribution in [-0.2, 0) is 13.0 Å². The van der Waals surface area contributed by atoms with Gasteiger partial charge >= 0.3 is 0 Å². The second kappa shape index (κ2) is 5.54. The summed E-state index contributed by atoms with van der Waals surface area (Å²) in [6.45, 7) is 3.06. The highest BCUT2D eigenvalue weighted by Crippen LogP contribution is 2.33. The number of benzene rings is 1. The van der Waals surface area contributed by atoms with Gasteiger partial charge in [-0.2, -0.15) is 0 Å². The van der Waals surface area contributed by atoms with Crippen LogP contribution in [0.1, 0.15) is 34.8 Å². The zero-order valence-electron chi connectivity index (χ0n) is 12.3. The Hall–Kier alpha value is -1.39. The molecule has 1 N–H and O–H groups in total. The molecular formula is C16H21N3S. The van der Waals surface area contributed by atoms with Gasteiger partial charge in [-0.15, -0.1) is 11.3 Å². The van der Waals surface area contributed by atoms with Crippen LogP contribution in [0.3, 0.4) is 0 Å². The van der Waals surface area contributed by atoms with Crippen molar-refractivity contribution in [2.75, 3.05) is 19.0 Å². The van der Waals surface area contributed by atoms with Gasteiger partial charge in [0.1, 0.15) is 0 Å². The van der Waals surface area contributed by atoms with Crippen molar-refractivity contribution in [1.29, 1.82) is 0 Å². The Balaban J connectivity index is 1.68. The maximum absolute atomic E-state index is 4.63. The van der Waals surface area contributed by atoms with Crippen molar-refractivity contribution >= 4 is 16.5 Å². The minimum Gasteiger partial charge on any atom is -0.354 e. The summed E-state index contributed by atoms with van der Waals surface area (Å²) < 4.78 is 0. The summed E-state index contributed by atoms with van der Waals surface area (Å²) in [7, 11) is 4.07. The van der Waals surface area contributed by atoms with Gasteiger partial charge in [-0.25, -0.2) is 4.98 Å². The van der Waals surface area contributed by atoms with Crippen LogP contribution in [0.5, 0.6) is 0 Å². The average Bonchev–Trinajstić information content (AvgIpc) is 3.03. The molecule has 1 aromatic carbocycles. The van der Waals surface area contributed by atoms with Crippen LogP contribution in [-0.4, -0.2) is 19.1 Å². The van der Waals surface area contributed by atoms with E-state index >= 15 is 0 Å². The molecule has 0 radical (unpaired) electrons. The fourth-order valence-corrected chi connectivity index (χ4v) is 3.68. The molecule has 0 saturated carbocycles. The number of nitrogens with zero attached hydrogens (tertiary/aromatic N) is 2. The first-order valence-electron chi connectivity index (χ1n) is 7.08. The maximum Gasteiger partial charge on any atom is 0.185 e. The smallest absolute Gasteiger partial charge is 0.185 e. The number of thiazole rings is 1. The molecule has 2 aromatic rings. The molecule has 0 saturated heterocycles. The Morgan fingerprint density at radius 3 is 3.00 bits per heavy atom. The number of anilines is 1.